The molecule has 0 aliphatic carbocycles. The Labute approximate surface area is 197 Å². The molecule has 4 rings (SSSR count). The number of hydrogen-bond acceptors (Lipinski definition) is 9. The van der Waals surface area contributed by atoms with E-state index in [0.717, 1.165) is 12.1 Å². The number of hydrazone groups is 1. The molecule has 3 aliphatic heterocycles. The maximum atomic E-state index is 14.8. The molecule has 1 atom stereocenters. The molecule has 184 valence electrons. The smallest absolute Gasteiger partial charge is 0.259 e. The Morgan fingerprint density at radius 1 is 1.32 bits per heavy atom. The van der Waals surface area contributed by atoms with E-state index < -0.39 is 21.7 Å². The van der Waals surface area contributed by atoms with Gasteiger partial charge in [0.1, 0.15) is 11.6 Å². The summed E-state index contributed by atoms with van der Waals surface area (Å²) in [6.07, 6.45) is 2.82. The Balaban J connectivity index is 1.57. The lowest BCUT2D eigenvalue weighted by Crippen LogP contribution is -2.51. The number of nitrogens with zero attached hydrogens (tertiary/aromatic N) is 5. The van der Waals surface area contributed by atoms with Crippen molar-refractivity contribution in [1.29, 1.82) is 0 Å². The Morgan fingerprint density at radius 3 is 2.74 bits per heavy atom. The molecule has 0 fully saturated rings. The van der Waals surface area contributed by atoms with Crippen molar-refractivity contribution in [2.24, 2.45) is 10.1 Å². The molecule has 0 saturated carbocycles. The summed E-state index contributed by atoms with van der Waals surface area (Å²) in [4.78, 5) is 17.3. The average Bonchev–Trinajstić information content (AvgIpc) is 3.29. The highest BCUT2D eigenvalue weighted by atomic mass is 32.2. The maximum absolute atomic E-state index is 14.8. The number of rotatable bonds is 6. The van der Waals surface area contributed by atoms with Gasteiger partial charge in [-0.3, -0.25) is 9.80 Å². The summed E-state index contributed by atoms with van der Waals surface area (Å²) in [6, 6.07) is 1.64. The first-order chi connectivity index (χ1) is 16.0. The predicted molar refractivity (Wildman–Crippen MR) is 123 cm³/mol. The fourth-order valence-electron chi connectivity index (χ4n) is 4.13. The van der Waals surface area contributed by atoms with Gasteiger partial charge in [-0.2, -0.15) is 4.31 Å². The number of amidine groups is 1. The van der Waals surface area contributed by atoms with Gasteiger partial charge in [0.05, 0.1) is 28.8 Å². The number of aliphatic hydroxyl groups is 1. The highest BCUT2D eigenvalue weighted by Gasteiger charge is 2.38. The second kappa shape index (κ2) is 9.06. The quantitative estimate of drug-likeness (QED) is 0.537. The van der Waals surface area contributed by atoms with Gasteiger partial charge in [0.25, 0.3) is 5.91 Å². The van der Waals surface area contributed by atoms with Crippen LogP contribution in [0, 0.1) is 5.82 Å². The number of aliphatic hydroxyl groups excluding tert-OH is 1. The van der Waals surface area contributed by atoms with E-state index in [1.54, 1.807) is 37.1 Å². The Morgan fingerprint density at radius 2 is 2.06 bits per heavy atom. The molecule has 0 spiro atoms. The van der Waals surface area contributed by atoms with Crippen molar-refractivity contribution < 1.29 is 22.7 Å². The van der Waals surface area contributed by atoms with E-state index in [9.17, 15) is 22.7 Å². The molecule has 1 amide bonds. The molecule has 1 aromatic rings. The fourth-order valence-corrected chi connectivity index (χ4v) is 5.97. The minimum atomic E-state index is -3.80. The second-order valence-corrected chi connectivity index (χ2v) is 10.5. The Bertz CT molecular complexity index is 1210. The first-order valence-electron chi connectivity index (χ1n) is 10.9. The van der Waals surface area contributed by atoms with Crippen LogP contribution in [0.4, 0.5) is 4.39 Å². The van der Waals surface area contributed by atoms with Crippen molar-refractivity contribution >= 4 is 27.5 Å². The zero-order chi connectivity index (χ0) is 24.8. The van der Waals surface area contributed by atoms with Crippen LogP contribution in [-0.4, -0.2) is 71.1 Å². The maximum Gasteiger partial charge on any atom is 0.259 e. The molecule has 34 heavy (non-hydrogen) atoms. The molecule has 3 aliphatic rings. The van der Waals surface area contributed by atoms with Crippen molar-refractivity contribution in [3.05, 3.63) is 41.0 Å². The summed E-state index contributed by atoms with van der Waals surface area (Å²) in [5.74, 6) is -0.871. The number of nitrogens with one attached hydrogen (secondary N) is 2. The summed E-state index contributed by atoms with van der Waals surface area (Å²) in [5, 5.41) is 19.8. The number of hydrazine groups is 2. The molecule has 11 nitrogen and oxygen atoms in total. The Kier molecular flexibility index (Phi) is 6.46. The van der Waals surface area contributed by atoms with Gasteiger partial charge < -0.3 is 10.4 Å². The zero-order valence-electron chi connectivity index (χ0n) is 19.4. The lowest BCUT2D eigenvalue weighted by molar-refractivity contribution is -0.000718. The van der Waals surface area contributed by atoms with E-state index in [-0.39, 0.29) is 41.5 Å². The van der Waals surface area contributed by atoms with Crippen LogP contribution in [0.25, 0.3) is 0 Å². The monoisotopic (exact) mass is 493 g/mol. The Hall–Kier alpha value is -2.87. The summed E-state index contributed by atoms with van der Waals surface area (Å²) in [7, 11) is -2.06. The molecule has 0 saturated heterocycles. The summed E-state index contributed by atoms with van der Waals surface area (Å²) in [6.45, 7) is 5.27. The highest BCUT2D eigenvalue weighted by Crippen LogP contribution is 2.33. The minimum absolute atomic E-state index is 0.0578. The van der Waals surface area contributed by atoms with Crippen molar-refractivity contribution in [2.45, 2.75) is 57.1 Å². The van der Waals surface area contributed by atoms with Crippen molar-refractivity contribution in [3.8, 4) is 0 Å². The van der Waals surface area contributed by atoms with Crippen LogP contribution < -0.4 is 10.9 Å². The first-order valence-corrected chi connectivity index (χ1v) is 12.4. The van der Waals surface area contributed by atoms with Gasteiger partial charge in [-0.25, -0.2) is 23.3 Å². The van der Waals surface area contributed by atoms with Crippen LogP contribution in [-0.2, 0) is 16.6 Å². The van der Waals surface area contributed by atoms with Gasteiger partial charge in [-0.1, -0.05) is 0 Å². The van der Waals surface area contributed by atoms with Gasteiger partial charge in [0.2, 0.25) is 10.0 Å². The molecule has 1 aromatic carbocycles. The number of carbonyl (C=O) groups is 1. The van der Waals surface area contributed by atoms with Crippen LogP contribution in [0.2, 0.25) is 0 Å². The second-order valence-electron chi connectivity index (χ2n) is 8.66. The van der Waals surface area contributed by atoms with Crippen LogP contribution >= 0.6 is 0 Å². The van der Waals surface area contributed by atoms with Crippen LogP contribution in [0.5, 0.6) is 0 Å². The van der Waals surface area contributed by atoms with Crippen LogP contribution in [0.1, 0.15) is 49.5 Å². The third-order valence-electron chi connectivity index (χ3n) is 5.88. The molecule has 0 bridgehead atoms. The normalized spacial score (nSPS) is 21.0. The number of amides is 1. The molecular weight excluding hydrogens is 465 g/mol. The number of benzene rings is 1. The average molecular weight is 494 g/mol. The lowest BCUT2D eigenvalue weighted by Gasteiger charge is -2.31. The van der Waals surface area contributed by atoms with Crippen LogP contribution in [0.15, 0.2) is 39.0 Å². The summed E-state index contributed by atoms with van der Waals surface area (Å²) < 4.78 is 41.7. The van der Waals surface area contributed by atoms with E-state index in [4.69, 9.17) is 0 Å². The molecule has 0 aromatic heterocycles. The molecule has 0 unspecified atom stereocenters. The number of fused-ring (bicyclic) bond motifs is 1. The third kappa shape index (κ3) is 4.19. The fraction of sp³-hybridized carbons (Fsp3) is 0.476. The first kappa shape index (κ1) is 24.3. The summed E-state index contributed by atoms with van der Waals surface area (Å²) in [5.41, 5.74) is 3.34. The standard InChI is InChI=1S/C21H28FN7O4S/c1-12(2)28-10-14-8-16(22)15(9-18(14)34(28,32)33)21(31)24-19-7-5-6-17(23-19)20-25-26-27(4)29(20)13(3)11-30/h7-9,12-13,26,30H,5-6,10-11H2,1-4H3,(H,24,31)/t13-/m1/s1. The summed E-state index contributed by atoms with van der Waals surface area (Å²) >= 11 is 0. The van der Waals surface area contributed by atoms with Gasteiger partial charge in [0, 0.05) is 19.6 Å². The van der Waals surface area contributed by atoms with Crippen LogP contribution in [0.3, 0.4) is 0 Å². The van der Waals surface area contributed by atoms with Gasteiger partial charge >= 0.3 is 0 Å². The van der Waals surface area contributed by atoms with Gasteiger partial charge in [-0.05, 0) is 57.4 Å². The third-order valence-corrected chi connectivity index (χ3v) is 7.98. The van der Waals surface area contributed by atoms with E-state index in [0.29, 0.717) is 30.0 Å². The van der Waals surface area contributed by atoms with E-state index in [2.05, 4.69) is 20.9 Å². The van der Waals surface area contributed by atoms with Crippen molar-refractivity contribution in [1.82, 2.24) is 25.3 Å². The van der Waals surface area contributed by atoms with Crippen molar-refractivity contribution in [3.63, 3.8) is 0 Å². The molecule has 13 heteroatoms. The van der Waals surface area contributed by atoms with Crippen molar-refractivity contribution in [2.75, 3.05) is 13.7 Å². The topological polar surface area (TPSA) is 130 Å². The molecular formula is C21H28FN7O4S. The van der Waals surface area contributed by atoms with E-state index in [1.807, 2.05) is 6.92 Å². The number of carbonyl (C=O) groups excluding carboxylic acids is 1. The van der Waals surface area contributed by atoms with E-state index in [1.165, 1.54) is 4.31 Å². The van der Waals surface area contributed by atoms with Gasteiger partial charge in [0.15, 0.2) is 5.84 Å². The SMILES string of the molecule is CC(C)N1Cc2cc(F)c(C(=O)NC3=CCCC(C4=NNN(C)N4[C@H](C)CO)=N3)cc2S1(=O)=O. The largest absolute Gasteiger partial charge is 0.394 e. The lowest BCUT2D eigenvalue weighted by atomic mass is 10.1. The van der Waals surface area contributed by atoms with Gasteiger partial charge in [-0.15, -0.1) is 10.2 Å². The number of allylic oxidation sites excluding steroid dienone is 1. The minimum Gasteiger partial charge on any atom is -0.394 e. The molecule has 0 radical (unpaired) electrons. The number of aliphatic imine (C=N–C) groups is 1. The predicted octanol–water partition coefficient (Wildman–Crippen LogP) is 0.906. The zero-order valence-corrected chi connectivity index (χ0v) is 20.2. The molecule has 3 N–H and O–H groups in total. The number of hydrogen-bond donors (Lipinski definition) is 3. The van der Waals surface area contributed by atoms with E-state index >= 15 is 0 Å². The number of sulfonamides is 1. The highest BCUT2D eigenvalue weighted by molar-refractivity contribution is 7.89. The molecule has 3 heterocycles. The number of halogens is 1.